The molecular formula is C14H18N2OS. The number of benzene rings is 1. The SMILES string of the molecule is NC1CCCC(OCc2nc3ccccc3s2)C1. The second kappa shape index (κ2) is 5.34. The summed E-state index contributed by atoms with van der Waals surface area (Å²) in [5, 5.41) is 1.07. The fraction of sp³-hybridized carbons (Fsp3) is 0.500. The number of nitrogens with zero attached hydrogens (tertiary/aromatic N) is 1. The number of hydrogen-bond donors (Lipinski definition) is 1. The van der Waals surface area contributed by atoms with E-state index in [0.29, 0.717) is 18.8 Å². The van der Waals surface area contributed by atoms with Crippen LogP contribution in [0.3, 0.4) is 0 Å². The van der Waals surface area contributed by atoms with E-state index in [-0.39, 0.29) is 0 Å². The largest absolute Gasteiger partial charge is 0.371 e. The summed E-state index contributed by atoms with van der Waals surface area (Å²) in [5.74, 6) is 0. The van der Waals surface area contributed by atoms with Gasteiger partial charge in [-0.25, -0.2) is 4.98 Å². The van der Waals surface area contributed by atoms with Gasteiger partial charge in [-0.15, -0.1) is 11.3 Å². The third kappa shape index (κ3) is 2.71. The van der Waals surface area contributed by atoms with Crippen molar-refractivity contribution in [2.24, 2.45) is 5.73 Å². The summed E-state index contributed by atoms with van der Waals surface area (Å²) < 4.78 is 7.17. The van der Waals surface area contributed by atoms with E-state index in [1.807, 2.05) is 18.2 Å². The highest BCUT2D eigenvalue weighted by molar-refractivity contribution is 7.18. The van der Waals surface area contributed by atoms with Gasteiger partial charge in [-0.3, -0.25) is 0 Å². The minimum absolute atomic E-state index is 0.319. The Hall–Kier alpha value is -0.970. The van der Waals surface area contributed by atoms with Gasteiger partial charge in [-0.1, -0.05) is 12.1 Å². The van der Waals surface area contributed by atoms with Crippen molar-refractivity contribution in [1.82, 2.24) is 4.98 Å². The molecule has 0 radical (unpaired) electrons. The molecule has 3 rings (SSSR count). The average Bonchev–Trinajstić information content (AvgIpc) is 2.79. The van der Waals surface area contributed by atoms with E-state index >= 15 is 0 Å². The van der Waals surface area contributed by atoms with Gasteiger partial charge in [0.05, 0.1) is 22.9 Å². The predicted octanol–water partition coefficient (Wildman–Crippen LogP) is 3.08. The van der Waals surface area contributed by atoms with Crippen LogP contribution in [0.4, 0.5) is 0 Å². The molecular weight excluding hydrogens is 244 g/mol. The Morgan fingerprint density at radius 3 is 3.06 bits per heavy atom. The van der Waals surface area contributed by atoms with Gasteiger partial charge >= 0.3 is 0 Å². The molecule has 1 aromatic carbocycles. The highest BCUT2D eigenvalue weighted by atomic mass is 32.1. The molecule has 4 heteroatoms. The monoisotopic (exact) mass is 262 g/mol. The third-order valence-corrected chi connectivity index (χ3v) is 4.46. The van der Waals surface area contributed by atoms with Gasteiger partial charge in [0.15, 0.2) is 0 Å². The van der Waals surface area contributed by atoms with Gasteiger partial charge in [0.25, 0.3) is 0 Å². The summed E-state index contributed by atoms with van der Waals surface area (Å²) in [6.45, 7) is 0.622. The zero-order valence-corrected chi connectivity index (χ0v) is 11.2. The molecule has 1 heterocycles. The quantitative estimate of drug-likeness (QED) is 0.924. The lowest BCUT2D eigenvalue weighted by Gasteiger charge is -2.26. The van der Waals surface area contributed by atoms with Gasteiger partial charge in [-0.2, -0.15) is 0 Å². The summed E-state index contributed by atoms with van der Waals surface area (Å²) >= 11 is 1.72. The maximum absolute atomic E-state index is 5.96. The molecule has 0 aliphatic heterocycles. The number of ether oxygens (including phenoxy) is 1. The van der Waals surface area contributed by atoms with E-state index in [4.69, 9.17) is 10.5 Å². The van der Waals surface area contributed by atoms with Crippen LogP contribution in [-0.2, 0) is 11.3 Å². The number of aromatic nitrogens is 1. The van der Waals surface area contributed by atoms with Crippen LogP contribution in [0.5, 0.6) is 0 Å². The molecule has 0 bridgehead atoms. The van der Waals surface area contributed by atoms with Crippen LogP contribution < -0.4 is 5.73 Å². The van der Waals surface area contributed by atoms with E-state index in [0.717, 1.165) is 29.8 Å². The molecule has 3 nitrogen and oxygen atoms in total. The van der Waals surface area contributed by atoms with Crippen molar-refractivity contribution in [3.63, 3.8) is 0 Å². The molecule has 18 heavy (non-hydrogen) atoms. The number of thiazole rings is 1. The number of nitrogens with two attached hydrogens (primary N) is 1. The first-order valence-electron chi connectivity index (χ1n) is 6.53. The summed E-state index contributed by atoms with van der Waals surface area (Å²) in [4.78, 5) is 4.58. The van der Waals surface area contributed by atoms with Crippen LogP contribution >= 0.6 is 11.3 Å². The van der Waals surface area contributed by atoms with E-state index < -0.39 is 0 Å². The van der Waals surface area contributed by atoms with Crippen LogP contribution in [-0.4, -0.2) is 17.1 Å². The number of rotatable bonds is 3. The van der Waals surface area contributed by atoms with Crippen molar-refractivity contribution in [2.75, 3.05) is 0 Å². The molecule has 0 spiro atoms. The van der Waals surface area contributed by atoms with E-state index in [1.54, 1.807) is 11.3 Å². The first kappa shape index (κ1) is 12.1. The molecule has 96 valence electrons. The zero-order valence-electron chi connectivity index (χ0n) is 10.3. The van der Waals surface area contributed by atoms with Crippen LogP contribution in [0.15, 0.2) is 24.3 Å². The van der Waals surface area contributed by atoms with Gasteiger partial charge < -0.3 is 10.5 Å². The van der Waals surface area contributed by atoms with Crippen LogP contribution in [0.1, 0.15) is 30.7 Å². The molecule has 2 unspecified atom stereocenters. The predicted molar refractivity (Wildman–Crippen MR) is 74.6 cm³/mol. The zero-order chi connectivity index (χ0) is 12.4. The first-order valence-corrected chi connectivity index (χ1v) is 7.34. The lowest BCUT2D eigenvalue weighted by molar-refractivity contribution is 0.0122. The topological polar surface area (TPSA) is 48.1 Å². The van der Waals surface area contributed by atoms with Gasteiger partial charge in [0, 0.05) is 6.04 Å². The summed E-state index contributed by atoms with van der Waals surface area (Å²) in [6, 6.07) is 8.54. The fourth-order valence-corrected chi connectivity index (χ4v) is 3.39. The Labute approximate surface area is 111 Å². The maximum atomic E-state index is 5.96. The summed E-state index contributed by atoms with van der Waals surface area (Å²) in [6.07, 6.45) is 4.77. The Morgan fingerprint density at radius 2 is 2.22 bits per heavy atom. The van der Waals surface area contributed by atoms with Gasteiger partial charge in [-0.05, 0) is 37.8 Å². The highest BCUT2D eigenvalue weighted by Gasteiger charge is 2.20. The second-order valence-electron chi connectivity index (χ2n) is 4.94. The molecule has 2 aromatic rings. The van der Waals surface area contributed by atoms with Gasteiger partial charge in [0.2, 0.25) is 0 Å². The number of fused-ring (bicyclic) bond motifs is 1. The Morgan fingerprint density at radius 1 is 1.33 bits per heavy atom. The first-order chi connectivity index (χ1) is 8.81. The maximum Gasteiger partial charge on any atom is 0.120 e. The minimum atomic E-state index is 0.319. The molecule has 1 aliphatic rings. The van der Waals surface area contributed by atoms with E-state index in [2.05, 4.69) is 11.1 Å². The van der Waals surface area contributed by atoms with Crippen molar-refractivity contribution in [1.29, 1.82) is 0 Å². The van der Waals surface area contributed by atoms with Crippen molar-refractivity contribution in [2.45, 2.75) is 44.4 Å². The van der Waals surface area contributed by atoms with Crippen LogP contribution in [0, 0.1) is 0 Å². The van der Waals surface area contributed by atoms with Crippen molar-refractivity contribution in [3.8, 4) is 0 Å². The molecule has 0 saturated heterocycles. The minimum Gasteiger partial charge on any atom is -0.371 e. The smallest absolute Gasteiger partial charge is 0.120 e. The van der Waals surface area contributed by atoms with E-state index in [1.165, 1.54) is 11.1 Å². The van der Waals surface area contributed by atoms with E-state index in [9.17, 15) is 0 Å². The molecule has 1 fully saturated rings. The third-order valence-electron chi connectivity index (χ3n) is 3.45. The summed E-state index contributed by atoms with van der Waals surface area (Å²) in [7, 11) is 0. The molecule has 1 aromatic heterocycles. The average molecular weight is 262 g/mol. The fourth-order valence-electron chi connectivity index (χ4n) is 2.50. The molecule has 1 aliphatic carbocycles. The Bertz CT molecular complexity index is 492. The van der Waals surface area contributed by atoms with Gasteiger partial charge in [0.1, 0.15) is 5.01 Å². The summed E-state index contributed by atoms with van der Waals surface area (Å²) in [5.41, 5.74) is 7.03. The number of para-hydroxylation sites is 1. The second-order valence-corrected chi connectivity index (χ2v) is 6.05. The standard InChI is InChI=1S/C14H18N2OS/c15-10-4-3-5-11(8-10)17-9-14-16-12-6-1-2-7-13(12)18-14/h1-2,6-7,10-11H,3-5,8-9,15H2. The van der Waals surface area contributed by atoms with Crippen molar-refractivity contribution in [3.05, 3.63) is 29.3 Å². The Balaban J connectivity index is 1.62. The number of hydrogen-bond acceptors (Lipinski definition) is 4. The lowest BCUT2D eigenvalue weighted by Crippen LogP contribution is -2.32. The molecule has 1 saturated carbocycles. The van der Waals surface area contributed by atoms with Crippen molar-refractivity contribution < 1.29 is 4.74 Å². The molecule has 2 atom stereocenters. The highest BCUT2D eigenvalue weighted by Crippen LogP contribution is 2.25. The van der Waals surface area contributed by atoms with Crippen LogP contribution in [0.2, 0.25) is 0 Å². The molecule has 0 amide bonds. The lowest BCUT2D eigenvalue weighted by atomic mass is 9.94. The van der Waals surface area contributed by atoms with Crippen molar-refractivity contribution >= 4 is 21.6 Å². The Kier molecular flexibility index (Phi) is 3.59. The molecule has 2 N–H and O–H groups in total. The van der Waals surface area contributed by atoms with Crippen LogP contribution in [0.25, 0.3) is 10.2 Å². The normalized spacial score (nSPS) is 24.5.